The van der Waals surface area contributed by atoms with Gasteiger partial charge < -0.3 is 23.9 Å². The van der Waals surface area contributed by atoms with Gasteiger partial charge in [0, 0.05) is 44.6 Å². The van der Waals surface area contributed by atoms with Gasteiger partial charge in [-0.2, -0.15) is 0 Å². The highest BCUT2D eigenvalue weighted by atomic mass is 16.5. The van der Waals surface area contributed by atoms with Gasteiger partial charge in [0.05, 0.1) is 31.5 Å². The number of likely N-dealkylation sites (N-methyl/N-ethyl adjacent to an activating group) is 1. The summed E-state index contributed by atoms with van der Waals surface area (Å²) in [5, 5.41) is 6.98. The summed E-state index contributed by atoms with van der Waals surface area (Å²) in [6.45, 7) is 7.87. The fourth-order valence-corrected chi connectivity index (χ4v) is 3.78. The van der Waals surface area contributed by atoms with Crippen LogP contribution in [0.1, 0.15) is 27.8 Å². The molecule has 8 nitrogen and oxygen atoms in total. The van der Waals surface area contributed by atoms with Gasteiger partial charge in [-0.15, -0.1) is 0 Å². The summed E-state index contributed by atoms with van der Waals surface area (Å²) in [7, 11) is 2.14. The third kappa shape index (κ3) is 4.63. The SMILES string of the molecule is Cc1cc(C[C@@H]2COC[C@@H]2NC(=O)c2ccc(CN3CCN(C)CC3)o2)on1. The number of furan rings is 1. The highest BCUT2D eigenvalue weighted by Gasteiger charge is 2.31. The van der Waals surface area contributed by atoms with Crippen molar-refractivity contribution in [1.29, 1.82) is 0 Å². The Morgan fingerprint density at radius 3 is 2.79 bits per heavy atom. The Labute approximate surface area is 164 Å². The number of piperazine rings is 1. The number of nitrogens with one attached hydrogen (secondary N) is 1. The van der Waals surface area contributed by atoms with Crippen LogP contribution >= 0.6 is 0 Å². The number of carbonyl (C=O) groups is 1. The summed E-state index contributed by atoms with van der Waals surface area (Å²) in [5.74, 6) is 1.96. The molecule has 1 amide bonds. The number of carbonyl (C=O) groups excluding carboxylic acids is 1. The third-order valence-corrected chi connectivity index (χ3v) is 5.52. The molecule has 0 bridgehead atoms. The van der Waals surface area contributed by atoms with E-state index in [1.165, 1.54) is 0 Å². The highest BCUT2D eigenvalue weighted by molar-refractivity contribution is 5.91. The van der Waals surface area contributed by atoms with Crippen LogP contribution in [0.5, 0.6) is 0 Å². The van der Waals surface area contributed by atoms with E-state index in [1.54, 1.807) is 6.07 Å². The minimum absolute atomic E-state index is 0.0657. The van der Waals surface area contributed by atoms with Crippen LogP contribution in [-0.4, -0.2) is 73.3 Å². The Kier molecular flexibility index (Phi) is 5.79. The van der Waals surface area contributed by atoms with Crippen LogP contribution in [0.2, 0.25) is 0 Å². The van der Waals surface area contributed by atoms with E-state index in [1.807, 2.05) is 19.1 Å². The summed E-state index contributed by atoms with van der Waals surface area (Å²) in [4.78, 5) is 17.3. The number of rotatable bonds is 6. The molecule has 4 heterocycles. The summed E-state index contributed by atoms with van der Waals surface area (Å²) in [6, 6.07) is 5.51. The van der Waals surface area contributed by atoms with Gasteiger partial charge in [0.2, 0.25) is 0 Å². The molecule has 28 heavy (non-hydrogen) atoms. The van der Waals surface area contributed by atoms with Gasteiger partial charge in [-0.1, -0.05) is 5.16 Å². The van der Waals surface area contributed by atoms with Crippen molar-refractivity contribution in [2.24, 2.45) is 5.92 Å². The Bertz CT molecular complexity index is 794. The maximum Gasteiger partial charge on any atom is 0.287 e. The number of ether oxygens (including phenoxy) is 1. The predicted molar refractivity (Wildman–Crippen MR) is 102 cm³/mol. The van der Waals surface area contributed by atoms with Gasteiger partial charge in [-0.25, -0.2) is 0 Å². The fourth-order valence-electron chi connectivity index (χ4n) is 3.78. The zero-order valence-electron chi connectivity index (χ0n) is 16.5. The monoisotopic (exact) mass is 388 g/mol. The van der Waals surface area contributed by atoms with Gasteiger partial charge in [0.25, 0.3) is 5.91 Å². The predicted octanol–water partition coefficient (Wildman–Crippen LogP) is 1.31. The molecule has 2 saturated heterocycles. The molecule has 0 spiro atoms. The first kappa shape index (κ1) is 19.2. The van der Waals surface area contributed by atoms with Crippen molar-refractivity contribution in [3.8, 4) is 0 Å². The summed E-state index contributed by atoms with van der Waals surface area (Å²) >= 11 is 0. The lowest BCUT2D eigenvalue weighted by molar-refractivity contribution is 0.0889. The van der Waals surface area contributed by atoms with Gasteiger partial charge >= 0.3 is 0 Å². The standard InChI is InChI=1S/C20H28N4O4/c1-14-9-17(28-22-14)10-15-12-26-13-18(15)21-20(25)19-4-3-16(27-19)11-24-7-5-23(2)6-8-24/h3-4,9,15,18H,5-8,10-13H2,1-2H3,(H,21,25)/t15-,18+/m1/s1. The normalized spacial score (nSPS) is 23.9. The van der Waals surface area contributed by atoms with E-state index < -0.39 is 0 Å². The van der Waals surface area contributed by atoms with Gasteiger partial charge in [0.15, 0.2) is 5.76 Å². The van der Waals surface area contributed by atoms with E-state index in [0.29, 0.717) is 25.4 Å². The first-order valence-electron chi connectivity index (χ1n) is 9.87. The van der Waals surface area contributed by atoms with Gasteiger partial charge in [0.1, 0.15) is 11.5 Å². The summed E-state index contributed by atoms with van der Waals surface area (Å²) in [5.41, 5.74) is 0.859. The van der Waals surface area contributed by atoms with Crippen LogP contribution in [0.4, 0.5) is 0 Å². The average Bonchev–Trinajstić information content (AvgIpc) is 3.40. The van der Waals surface area contributed by atoms with E-state index in [9.17, 15) is 4.79 Å². The lowest BCUT2D eigenvalue weighted by Crippen LogP contribution is -2.43. The lowest BCUT2D eigenvalue weighted by atomic mass is 9.98. The van der Waals surface area contributed by atoms with Crippen LogP contribution < -0.4 is 5.32 Å². The van der Waals surface area contributed by atoms with E-state index in [-0.39, 0.29) is 17.9 Å². The first-order valence-corrected chi connectivity index (χ1v) is 9.87. The van der Waals surface area contributed by atoms with E-state index in [4.69, 9.17) is 13.7 Å². The number of aryl methyl sites for hydroxylation is 1. The zero-order chi connectivity index (χ0) is 19.5. The van der Waals surface area contributed by atoms with E-state index in [0.717, 1.165) is 49.9 Å². The third-order valence-electron chi connectivity index (χ3n) is 5.52. The van der Waals surface area contributed by atoms with Crippen molar-refractivity contribution in [2.45, 2.75) is 25.9 Å². The molecule has 0 saturated carbocycles. The van der Waals surface area contributed by atoms with E-state index >= 15 is 0 Å². The smallest absolute Gasteiger partial charge is 0.287 e. The molecule has 2 aliphatic heterocycles. The van der Waals surface area contributed by atoms with Crippen molar-refractivity contribution in [3.63, 3.8) is 0 Å². The van der Waals surface area contributed by atoms with Crippen molar-refractivity contribution >= 4 is 5.91 Å². The molecule has 0 unspecified atom stereocenters. The van der Waals surface area contributed by atoms with Crippen LogP contribution in [0, 0.1) is 12.8 Å². The first-order chi connectivity index (χ1) is 13.6. The molecule has 1 N–H and O–H groups in total. The van der Waals surface area contributed by atoms with Gasteiger partial charge in [-0.3, -0.25) is 9.69 Å². The minimum Gasteiger partial charge on any atom is -0.455 e. The molecule has 152 valence electrons. The molecule has 2 aromatic heterocycles. The summed E-state index contributed by atoms with van der Waals surface area (Å²) in [6.07, 6.45) is 0.693. The topological polar surface area (TPSA) is 84.0 Å². The Hall–Kier alpha value is -2.16. The number of hydrogen-bond donors (Lipinski definition) is 1. The summed E-state index contributed by atoms with van der Waals surface area (Å²) < 4.78 is 16.7. The molecular formula is C20H28N4O4. The Balaban J connectivity index is 1.31. The quantitative estimate of drug-likeness (QED) is 0.799. The zero-order valence-corrected chi connectivity index (χ0v) is 16.5. The second-order valence-corrected chi connectivity index (χ2v) is 7.86. The molecule has 4 rings (SSSR count). The van der Waals surface area contributed by atoms with Crippen molar-refractivity contribution < 1.29 is 18.5 Å². The molecule has 2 atom stereocenters. The molecule has 8 heteroatoms. The fraction of sp³-hybridized carbons (Fsp3) is 0.600. The molecule has 2 aliphatic rings. The molecular weight excluding hydrogens is 360 g/mol. The number of aromatic nitrogens is 1. The Morgan fingerprint density at radius 2 is 2.04 bits per heavy atom. The van der Waals surface area contributed by atoms with Crippen molar-refractivity contribution in [3.05, 3.63) is 41.2 Å². The van der Waals surface area contributed by atoms with Gasteiger partial charge in [-0.05, 0) is 26.1 Å². The second kappa shape index (κ2) is 8.46. The van der Waals surface area contributed by atoms with Crippen LogP contribution in [0.25, 0.3) is 0 Å². The largest absolute Gasteiger partial charge is 0.455 e. The molecule has 0 aromatic carbocycles. The van der Waals surface area contributed by atoms with Crippen LogP contribution in [0.15, 0.2) is 27.1 Å². The molecule has 0 radical (unpaired) electrons. The van der Waals surface area contributed by atoms with Crippen molar-refractivity contribution in [1.82, 2.24) is 20.3 Å². The molecule has 0 aliphatic carbocycles. The lowest BCUT2D eigenvalue weighted by Gasteiger charge is -2.31. The number of hydrogen-bond acceptors (Lipinski definition) is 7. The second-order valence-electron chi connectivity index (χ2n) is 7.86. The average molecular weight is 388 g/mol. The number of nitrogens with zero attached hydrogens (tertiary/aromatic N) is 3. The molecule has 2 aromatic rings. The molecule has 2 fully saturated rings. The maximum atomic E-state index is 12.6. The van der Waals surface area contributed by atoms with Crippen molar-refractivity contribution in [2.75, 3.05) is 46.4 Å². The highest BCUT2D eigenvalue weighted by Crippen LogP contribution is 2.21. The number of amides is 1. The minimum atomic E-state index is -0.195. The van der Waals surface area contributed by atoms with E-state index in [2.05, 4.69) is 27.3 Å². The Morgan fingerprint density at radius 1 is 1.21 bits per heavy atom. The van der Waals surface area contributed by atoms with Crippen LogP contribution in [-0.2, 0) is 17.7 Å². The maximum absolute atomic E-state index is 12.6. The van der Waals surface area contributed by atoms with Crippen LogP contribution in [0.3, 0.4) is 0 Å².